The van der Waals surface area contributed by atoms with Crippen LogP contribution in [0.5, 0.6) is 5.75 Å². The van der Waals surface area contributed by atoms with Gasteiger partial charge in [-0.25, -0.2) is 0 Å². The maximum Gasteiger partial charge on any atom is 0.261 e. The lowest BCUT2D eigenvalue weighted by atomic mass is 10.1. The Labute approximate surface area is 215 Å². The van der Waals surface area contributed by atoms with Crippen molar-refractivity contribution in [3.63, 3.8) is 0 Å². The standard InChI is InChI=1S/C29H29N3O5/c1-4-18(2)26(33)31-21-9-7-8-19(14-21)16-30-27(34)24-15-20(12-13-25(24)37-3)17-32-28(35)22-10-5-6-11-23(22)29(32)36/h5-15,18H,4,16-17H2,1-3H3,(H,30,34)(H,31,33). The van der Waals surface area contributed by atoms with E-state index in [1.807, 2.05) is 32.0 Å². The van der Waals surface area contributed by atoms with Gasteiger partial charge in [-0.15, -0.1) is 0 Å². The highest BCUT2D eigenvalue weighted by atomic mass is 16.5. The Bertz CT molecular complexity index is 1330. The first kappa shape index (κ1) is 25.6. The van der Waals surface area contributed by atoms with Crippen LogP contribution >= 0.6 is 0 Å². The van der Waals surface area contributed by atoms with Gasteiger partial charge in [0, 0.05) is 18.2 Å². The topological polar surface area (TPSA) is 105 Å². The number of carbonyl (C=O) groups is 4. The van der Waals surface area contributed by atoms with E-state index in [-0.39, 0.29) is 48.2 Å². The van der Waals surface area contributed by atoms with E-state index in [0.717, 1.165) is 12.0 Å². The minimum Gasteiger partial charge on any atom is -0.496 e. The van der Waals surface area contributed by atoms with Gasteiger partial charge in [-0.1, -0.05) is 44.2 Å². The van der Waals surface area contributed by atoms with Crippen LogP contribution in [0.4, 0.5) is 5.69 Å². The van der Waals surface area contributed by atoms with E-state index >= 15 is 0 Å². The van der Waals surface area contributed by atoms with E-state index in [1.165, 1.54) is 12.0 Å². The fourth-order valence-corrected chi connectivity index (χ4v) is 4.08. The number of hydrogen-bond acceptors (Lipinski definition) is 5. The molecule has 4 rings (SSSR count). The normalized spacial score (nSPS) is 13.2. The summed E-state index contributed by atoms with van der Waals surface area (Å²) < 4.78 is 5.38. The van der Waals surface area contributed by atoms with Crippen molar-refractivity contribution in [2.45, 2.75) is 33.4 Å². The molecule has 0 fully saturated rings. The summed E-state index contributed by atoms with van der Waals surface area (Å²) in [6.07, 6.45) is 0.746. The van der Waals surface area contributed by atoms with Crippen molar-refractivity contribution < 1.29 is 23.9 Å². The first-order chi connectivity index (χ1) is 17.8. The fraction of sp³-hybridized carbons (Fsp3) is 0.241. The highest BCUT2D eigenvalue weighted by molar-refractivity contribution is 6.21. The molecule has 0 radical (unpaired) electrons. The number of nitrogens with one attached hydrogen (secondary N) is 2. The monoisotopic (exact) mass is 499 g/mol. The second-order valence-corrected chi connectivity index (χ2v) is 8.96. The largest absolute Gasteiger partial charge is 0.496 e. The first-order valence-electron chi connectivity index (χ1n) is 12.1. The number of benzene rings is 3. The maximum atomic E-state index is 13.1. The van der Waals surface area contributed by atoms with Crippen molar-refractivity contribution in [3.05, 3.63) is 94.5 Å². The SMILES string of the molecule is CCC(C)C(=O)Nc1cccc(CNC(=O)c2cc(CN3C(=O)c4ccccc4C3=O)ccc2OC)c1. The molecule has 4 amide bonds. The zero-order chi connectivity index (χ0) is 26.5. The number of rotatable bonds is 9. The van der Waals surface area contributed by atoms with Gasteiger partial charge in [-0.05, 0) is 53.9 Å². The molecule has 2 N–H and O–H groups in total. The average molecular weight is 500 g/mol. The van der Waals surface area contributed by atoms with Gasteiger partial charge in [0.1, 0.15) is 5.75 Å². The minimum atomic E-state index is -0.366. The van der Waals surface area contributed by atoms with Crippen molar-refractivity contribution >= 4 is 29.3 Å². The Morgan fingerprint density at radius 1 is 0.919 bits per heavy atom. The lowest BCUT2D eigenvalue weighted by Gasteiger charge is -2.16. The second kappa shape index (κ2) is 11.1. The third kappa shape index (κ3) is 5.53. The molecule has 3 aromatic rings. The molecule has 1 aliphatic heterocycles. The number of ether oxygens (including phenoxy) is 1. The summed E-state index contributed by atoms with van der Waals surface area (Å²) in [5.74, 6) is -0.856. The Kier molecular flexibility index (Phi) is 7.67. The van der Waals surface area contributed by atoms with Gasteiger partial charge in [-0.3, -0.25) is 24.1 Å². The summed E-state index contributed by atoms with van der Waals surface area (Å²) in [5.41, 5.74) is 3.14. The van der Waals surface area contributed by atoms with E-state index in [2.05, 4.69) is 10.6 Å². The van der Waals surface area contributed by atoms with Crippen molar-refractivity contribution in [2.75, 3.05) is 12.4 Å². The van der Waals surface area contributed by atoms with Crippen LogP contribution in [0.15, 0.2) is 66.7 Å². The molecule has 0 saturated heterocycles. The number of fused-ring (bicyclic) bond motifs is 1. The molecule has 1 unspecified atom stereocenters. The molecule has 8 nitrogen and oxygen atoms in total. The number of hydrogen-bond donors (Lipinski definition) is 2. The summed E-state index contributed by atoms with van der Waals surface area (Å²) >= 11 is 0. The van der Waals surface area contributed by atoms with Gasteiger partial charge in [0.25, 0.3) is 17.7 Å². The molecule has 0 aromatic heterocycles. The van der Waals surface area contributed by atoms with Crippen molar-refractivity contribution in [1.29, 1.82) is 0 Å². The molecule has 0 bridgehead atoms. The van der Waals surface area contributed by atoms with Crippen LogP contribution in [0.25, 0.3) is 0 Å². The zero-order valence-corrected chi connectivity index (χ0v) is 21.0. The molecule has 0 spiro atoms. The number of carbonyl (C=O) groups excluding carboxylic acids is 4. The van der Waals surface area contributed by atoms with Crippen LogP contribution in [0, 0.1) is 5.92 Å². The highest BCUT2D eigenvalue weighted by Gasteiger charge is 2.35. The molecular weight excluding hydrogens is 470 g/mol. The van der Waals surface area contributed by atoms with Crippen molar-refractivity contribution in [2.24, 2.45) is 5.92 Å². The summed E-state index contributed by atoms with van der Waals surface area (Å²) in [5, 5.41) is 5.77. The van der Waals surface area contributed by atoms with Crippen LogP contribution in [-0.4, -0.2) is 35.6 Å². The van der Waals surface area contributed by atoms with E-state index < -0.39 is 0 Å². The Morgan fingerprint density at radius 2 is 1.62 bits per heavy atom. The number of nitrogens with zero attached hydrogens (tertiary/aromatic N) is 1. The van der Waals surface area contributed by atoms with Crippen LogP contribution in [0.2, 0.25) is 0 Å². The molecule has 0 saturated carbocycles. The van der Waals surface area contributed by atoms with Gasteiger partial charge < -0.3 is 15.4 Å². The molecule has 1 heterocycles. The van der Waals surface area contributed by atoms with Crippen LogP contribution < -0.4 is 15.4 Å². The highest BCUT2D eigenvalue weighted by Crippen LogP contribution is 2.26. The fourth-order valence-electron chi connectivity index (χ4n) is 4.08. The molecular formula is C29H29N3O5. The molecule has 190 valence electrons. The minimum absolute atomic E-state index is 0.0363. The second-order valence-electron chi connectivity index (χ2n) is 8.96. The third-order valence-corrected chi connectivity index (χ3v) is 6.43. The van der Waals surface area contributed by atoms with Crippen LogP contribution in [-0.2, 0) is 17.9 Å². The van der Waals surface area contributed by atoms with Gasteiger partial charge in [0.15, 0.2) is 0 Å². The lowest BCUT2D eigenvalue weighted by molar-refractivity contribution is -0.119. The third-order valence-electron chi connectivity index (χ3n) is 6.43. The average Bonchev–Trinajstić information content (AvgIpc) is 3.16. The van der Waals surface area contributed by atoms with Crippen LogP contribution in [0.3, 0.4) is 0 Å². The summed E-state index contributed by atoms with van der Waals surface area (Å²) in [6.45, 7) is 4.10. The summed E-state index contributed by atoms with van der Waals surface area (Å²) in [7, 11) is 1.47. The number of anilines is 1. The van der Waals surface area contributed by atoms with Gasteiger partial charge in [-0.2, -0.15) is 0 Å². The number of amides is 4. The van der Waals surface area contributed by atoms with Crippen LogP contribution in [0.1, 0.15) is 62.5 Å². The Balaban J connectivity index is 1.46. The van der Waals surface area contributed by atoms with Crippen molar-refractivity contribution in [3.8, 4) is 5.75 Å². The molecule has 37 heavy (non-hydrogen) atoms. The number of imide groups is 1. The van der Waals surface area contributed by atoms with E-state index in [0.29, 0.717) is 28.1 Å². The summed E-state index contributed by atoms with van der Waals surface area (Å²) in [4.78, 5) is 51.9. The molecule has 1 atom stereocenters. The van der Waals surface area contributed by atoms with E-state index in [1.54, 1.807) is 48.5 Å². The zero-order valence-electron chi connectivity index (χ0n) is 21.0. The molecule has 8 heteroatoms. The van der Waals surface area contributed by atoms with Gasteiger partial charge in [0.05, 0.1) is 30.3 Å². The van der Waals surface area contributed by atoms with Gasteiger partial charge in [0.2, 0.25) is 5.91 Å². The van der Waals surface area contributed by atoms with E-state index in [4.69, 9.17) is 4.74 Å². The van der Waals surface area contributed by atoms with Gasteiger partial charge >= 0.3 is 0 Å². The quantitative estimate of drug-likeness (QED) is 0.425. The predicted octanol–water partition coefficient (Wildman–Crippen LogP) is 4.41. The molecule has 3 aromatic carbocycles. The molecule has 0 aliphatic carbocycles. The lowest BCUT2D eigenvalue weighted by Crippen LogP contribution is -2.29. The number of methoxy groups -OCH3 is 1. The predicted molar refractivity (Wildman–Crippen MR) is 139 cm³/mol. The molecule has 1 aliphatic rings. The van der Waals surface area contributed by atoms with E-state index in [9.17, 15) is 19.2 Å². The summed E-state index contributed by atoms with van der Waals surface area (Å²) in [6, 6.07) is 19.0. The first-order valence-corrected chi connectivity index (χ1v) is 12.1. The Morgan fingerprint density at radius 3 is 2.27 bits per heavy atom. The Hall–Kier alpha value is -4.46. The van der Waals surface area contributed by atoms with Crippen molar-refractivity contribution in [1.82, 2.24) is 10.2 Å². The maximum absolute atomic E-state index is 13.1. The smallest absolute Gasteiger partial charge is 0.261 e.